The number of nitro groups is 1. The molecule has 29 heavy (non-hydrogen) atoms. The molecule has 1 fully saturated rings. The first-order valence-electron chi connectivity index (χ1n) is 9.11. The van der Waals surface area contributed by atoms with Crippen LogP contribution in [0.3, 0.4) is 0 Å². The SMILES string of the molecule is C[C@@]1(NC(=O)COc2ccc([N+](=O)[O-])cc2Cc2ccccc2)CCS(=O)(=O)C1. The van der Waals surface area contributed by atoms with Crippen LogP contribution < -0.4 is 10.1 Å². The largest absolute Gasteiger partial charge is 0.483 e. The summed E-state index contributed by atoms with van der Waals surface area (Å²) in [4.78, 5) is 22.9. The van der Waals surface area contributed by atoms with E-state index in [1.54, 1.807) is 6.92 Å². The van der Waals surface area contributed by atoms with E-state index in [1.807, 2.05) is 30.3 Å². The number of carbonyl (C=O) groups excluding carboxylic acids is 1. The summed E-state index contributed by atoms with van der Waals surface area (Å²) in [5, 5.41) is 13.8. The Morgan fingerprint density at radius 3 is 2.59 bits per heavy atom. The predicted octanol–water partition coefficient (Wildman–Crippen LogP) is 2.26. The zero-order chi connectivity index (χ0) is 21.1. The van der Waals surface area contributed by atoms with Gasteiger partial charge in [0, 0.05) is 24.1 Å². The molecule has 8 nitrogen and oxygen atoms in total. The zero-order valence-corrected chi connectivity index (χ0v) is 16.8. The van der Waals surface area contributed by atoms with Gasteiger partial charge >= 0.3 is 0 Å². The number of rotatable bonds is 7. The Morgan fingerprint density at radius 1 is 1.24 bits per heavy atom. The van der Waals surface area contributed by atoms with Crippen LogP contribution in [0.25, 0.3) is 0 Å². The van der Waals surface area contributed by atoms with E-state index in [1.165, 1.54) is 18.2 Å². The highest BCUT2D eigenvalue weighted by Crippen LogP contribution is 2.27. The Balaban J connectivity index is 1.71. The summed E-state index contributed by atoms with van der Waals surface area (Å²) in [5.74, 6) is -0.107. The van der Waals surface area contributed by atoms with Crippen LogP contribution in [-0.2, 0) is 21.1 Å². The number of hydrogen-bond acceptors (Lipinski definition) is 6. The molecule has 0 aliphatic carbocycles. The minimum absolute atomic E-state index is 0.0498. The van der Waals surface area contributed by atoms with E-state index in [0.717, 1.165) is 5.56 Å². The lowest BCUT2D eigenvalue weighted by molar-refractivity contribution is -0.384. The highest BCUT2D eigenvalue weighted by Gasteiger charge is 2.39. The van der Waals surface area contributed by atoms with E-state index in [9.17, 15) is 23.3 Å². The van der Waals surface area contributed by atoms with Crippen molar-refractivity contribution in [3.05, 3.63) is 69.8 Å². The van der Waals surface area contributed by atoms with E-state index in [4.69, 9.17) is 4.74 Å². The molecule has 0 aromatic heterocycles. The summed E-state index contributed by atoms with van der Waals surface area (Å²) >= 11 is 0. The van der Waals surface area contributed by atoms with Gasteiger partial charge in [-0.1, -0.05) is 30.3 Å². The molecule has 1 aliphatic rings. The molecule has 0 spiro atoms. The topological polar surface area (TPSA) is 116 Å². The minimum Gasteiger partial charge on any atom is -0.483 e. The lowest BCUT2D eigenvalue weighted by Crippen LogP contribution is -2.48. The van der Waals surface area contributed by atoms with Gasteiger partial charge in [-0.15, -0.1) is 0 Å². The lowest BCUT2D eigenvalue weighted by atomic mass is 10.0. The van der Waals surface area contributed by atoms with Crippen molar-refractivity contribution >= 4 is 21.4 Å². The summed E-state index contributed by atoms with van der Waals surface area (Å²) in [6, 6.07) is 13.7. The first-order chi connectivity index (χ1) is 13.7. The van der Waals surface area contributed by atoms with Gasteiger partial charge in [-0.2, -0.15) is 0 Å². The molecule has 2 aromatic rings. The molecule has 9 heteroatoms. The standard InChI is InChI=1S/C20H22N2O6S/c1-20(9-10-29(26,27)14-20)21-19(23)13-28-18-8-7-17(22(24)25)12-16(18)11-15-5-3-2-4-6-15/h2-8,12H,9-11,13-14H2,1H3,(H,21,23)/t20-/m1/s1. The van der Waals surface area contributed by atoms with Gasteiger partial charge in [0.25, 0.3) is 11.6 Å². The molecule has 1 amide bonds. The summed E-state index contributed by atoms with van der Waals surface area (Å²) in [6.45, 7) is 1.39. The number of ether oxygens (including phenoxy) is 1. The number of hydrogen-bond donors (Lipinski definition) is 1. The second-order valence-corrected chi connectivity index (χ2v) is 9.64. The maximum Gasteiger partial charge on any atom is 0.269 e. The fraction of sp³-hybridized carbons (Fsp3) is 0.350. The molecule has 0 radical (unpaired) electrons. The van der Waals surface area contributed by atoms with Crippen molar-refractivity contribution in [1.82, 2.24) is 5.32 Å². The van der Waals surface area contributed by atoms with E-state index in [-0.39, 0.29) is 23.8 Å². The molecule has 1 saturated heterocycles. The molecule has 1 N–H and O–H groups in total. The maximum absolute atomic E-state index is 12.3. The Morgan fingerprint density at radius 2 is 1.97 bits per heavy atom. The Bertz CT molecular complexity index is 1020. The average molecular weight is 418 g/mol. The molecule has 1 aliphatic heterocycles. The van der Waals surface area contributed by atoms with Crippen LogP contribution in [0.2, 0.25) is 0 Å². The van der Waals surface area contributed by atoms with Gasteiger partial charge in [0.15, 0.2) is 16.4 Å². The Hall–Kier alpha value is -2.94. The lowest BCUT2D eigenvalue weighted by Gasteiger charge is -2.24. The van der Waals surface area contributed by atoms with Crippen LogP contribution in [0.15, 0.2) is 48.5 Å². The molecular weight excluding hydrogens is 396 g/mol. The molecule has 0 saturated carbocycles. The minimum atomic E-state index is -3.14. The van der Waals surface area contributed by atoms with Crippen molar-refractivity contribution in [3.63, 3.8) is 0 Å². The van der Waals surface area contributed by atoms with Crippen LogP contribution in [-0.4, -0.2) is 42.9 Å². The first-order valence-corrected chi connectivity index (χ1v) is 10.9. The second kappa shape index (κ2) is 8.20. The first kappa shape index (κ1) is 20.8. The van der Waals surface area contributed by atoms with Crippen molar-refractivity contribution in [3.8, 4) is 5.75 Å². The second-order valence-electron chi connectivity index (χ2n) is 7.45. The van der Waals surface area contributed by atoms with Crippen molar-refractivity contribution in [2.75, 3.05) is 18.1 Å². The number of sulfone groups is 1. The normalized spacial score (nSPS) is 20.2. The van der Waals surface area contributed by atoms with Gasteiger partial charge in [-0.25, -0.2) is 8.42 Å². The van der Waals surface area contributed by atoms with Gasteiger partial charge in [0.2, 0.25) is 0 Å². The molecule has 3 rings (SSSR count). The summed E-state index contributed by atoms with van der Waals surface area (Å²) in [7, 11) is -3.14. The fourth-order valence-electron chi connectivity index (χ4n) is 3.40. The van der Waals surface area contributed by atoms with Gasteiger partial charge in [-0.3, -0.25) is 14.9 Å². The number of nitro benzene ring substituents is 1. The monoisotopic (exact) mass is 418 g/mol. The highest BCUT2D eigenvalue weighted by atomic mass is 32.2. The molecule has 1 atom stereocenters. The predicted molar refractivity (Wildman–Crippen MR) is 108 cm³/mol. The number of nitrogens with zero attached hydrogens (tertiary/aromatic N) is 1. The number of non-ortho nitro benzene ring substituents is 1. The third-order valence-electron chi connectivity index (χ3n) is 4.80. The number of nitrogens with one attached hydrogen (secondary N) is 1. The van der Waals surface area contributed by atoms with Gasteiger partial charge in [-0.05, 0) is 25.0 Å². The number of benzene rings is 2. The van der Waals surface area contributed by atoms with E-state index < -0.39 is 26.2 Å². The Labute approximate surface area is 169 Å². The van der Waals surface area contributed by atoms with E-state index >= 15 is 0 Å². The van der Waals surface area contributed by atoms with Crippen molar-refractivity contribution in [1.29, 1.82) is 0 Å². The van der Waals surface area contributed by atoms with Crippen LogP contribution in [0.4, 0.5) is 5.69 Å². The van der Waals surface area contributed by atoms with Crippen LogP contribution in [0.5, 0.6) is 5.75 Å². The third-order valence-corrected chi connectivity index (χ3v) is 6.70. The fourth-order valence-corrected chi connectivity index (χ4v) is 5.49. The summed E-state index contributed by atoms with van der Waals surface area (Å²) < 4.78 is 29.0. The highest BCUT2D eigenvalue weighted by molar-refractivity contribution is 7.91. The van der Waals surface area contributed by atoms with Gasteiger partial charge < -0.3 is 10.1 Å². The van der Waals surface area contributed by atoms with Crippen LogP contribution in [0, 0.1) is 10.1 Å². The molecule has 2 aromatic carbocycles. The van der Waals surface area contributed by atoms with Crippen LogP contribution in [0.1, 0.15) is 24.5 Å². The molecule has 0 bridgehead atoms. The molecular formula is C20H22N2O6S. The number of amides is 1. The Kier molecular flexibility index (Phi) is 5.88. The quantitative estimate of drug-likeness (QED) is 0.545. The van der Waals surface area contributed by atoms with Crippen molar-refractivity contribution in [2.24, 2.45) is 0 Å². The number of carbonyl (C=O) groups is 1. The van der Waals surface area contributed by atoms with Crippen molar-refractivity contribution < 1.29 is 22.9 Å². The summed E-state index contributed by atoms with van der Waals surface area (Å²) in [5.41, 5.74) is 0.678. The van der Waals surface area contributed by atoms with Crippen LogP contribution >= 0.6 is 0 Å². The molecule has 0 unspecified atom stereocenters. The third kappa shape index (κ3) is 5.54. The maximum atomic E-state index is 12.3. The average Bonchev–Trinajstić information content (AvgIpc) is 2.94. The van der Waals surface area contributed by atoms with Gasteiger partial charge in [0.1, 0.15) is 5.75 Å². The van der Waals surface area contributed by atoms with E-state index in [2.05, 4.69) is 5.32 Å². The zero-order valence-electron chi connectivity index (χ0n) is 16.0. The molecule has 1 heterocycles. The van der Waals surface area contributed by atoms with Gasteiger partial charge in [0.05, 0.1) is 22.0 Å². The van der Waals surface area contributed by atoms with Crippen molar-refractivity contribution in [2.45, 2.75) is 25.3 Å². The smallest absolute Gasteiger partial charge is 0.269 e. The summed E-state index contributed by atoms with van der Waals surface area (Å²) in [6.07, 6.45) is 0.771. The van der Waals surface area contributed by atoms with E-state index in [0.29, 0.717) is 24.2 Å². The molecule has 154 valence electrons.